The van der Waals surface area contributed by atoms with Crippen molar-refractivity contribution in [2.24, 2.45) is 5.41 Å². The standard InChI is InChI=1S/C13H18BrN3O3S/c1-7(15-12(20)13(2,3)4)10(18)16-17-11(19)8-5-6-9(14)21-8/h5-7H,1-4H3,(H,15,20)(H,16,18)(H,17,19). The molecule has 1 aromatic rings. The maximum atomic E-state index is 11.8. The summed E-state index contributed by atoms with van der Waals surface area (Å²) in [4.78, 5) is 35.8. The first-order valence-electron chi connectivity index (χ1n) is 6.27. The van der Waals surface area contributed by atoms with E-state index >= 15 is 0 Å². The molecule has 0 saturated heterocycles. The van der Waals surface area contributed by atoms with Crippen LogP contribution in [-0.2, 0) is 9.59 Å². The van der Waals surface area contributed by atoms with E-state index in [4.69, 9.17) is 0 Å². The summed E-state index contributed by atoms with van der Waals surface area (Å²) in [5.74, 6) is -1.14. The van der Waals surface area contributed by atoms with Gasteiger partial charge in [-0.1, -0.05) is 20.8 Å². The number of hydrogen-bond donors (Lipinski definition) is 3. The van der Waals surface area contributed by atoms with Crippen molar-refractivity contribution in [3.8, 4) is 0 Å². The zero-order chi connectivity index (χ0) is 16.2. The number of nitrogens with one attached hydrogen (secondary N) is 3. The molecule has 0 radical (unpaired) electrons. The van der Waals surface area contributed by atoms with Crippen LogP contribution in [0.1, 0.15) is 37.4 Å². The Balaban J connectivity index is 2.46. The second-order valence-electron chi connectivity index (χ2n) is 5.49. The lowest BCUT2D eigenvalue weighted by Gasteiger charge is -2.21. The molecule has 0 aliphatic heterocycles. The third kappa shape index (κ3) is 5.47. The molecule has 1 heterocycles. The highest BCUT2D eigenvalue weighted by atomic mass is 79.9. The van der Waals surface area contributed by atoms with Crippen molar-refractivity contribution in [2.45, 2.75) is 33.7 Å². The van der Waals surface area contributed by atoms with E-state index < -0.39 is 23.3 Å². The highest BCUT2D eigenvalue weighted by Crippen LogP contribution is 2.21. The minimum absolute atomic E-state index is 0.237. The number of halogens is 1. The lowest BCUT2D eigenvalue weighted by atomic mass is 9.95. The number of amides is 3. The molecule has 1 aromatic heterocycles. The van der Waals surface area contributed by atoms with Gasteiger partial charge >= 0.3 is 0 Å². The summed E-state index contributed by atoms with van der Waals surface area (Å²) >= 11 is 4.51. The van der Waals surface area contributed by atoms with Gasteiger partial charge in [0.15, 0.2) is 0 Å². The van der Waals surface area contributed by atoms with Crippen molar-refractivity contribution in [2.75, 3.05) is 0 Å². The third-order valence-corrected chi connectivity index (χ3v) is 4.14. The van der Waals surface area contributed by atoms with E-state index in [-0.39, 0.29) is 5.91 Å². The summed E-state index contributed by atoms with van der Waals surface area (Å²) in [6.07, 6.45) is 0. The van der Waals surface area contributed by atoms with Gasteiger partial charge < -0.3 is 5.32 Å². The molecule has 0 aromatic carbocycles. The molecule has 0 fully saturated rings. The van der Waals surface area contributed by atoms with Gasteiger partial charge in [-0.05, 0) is 35.0 Å². The van der Waals surface area contributed by atoms with E-state index in [0.717, 1.165) is 3.79 Å². The van der Waals surface area contributed by atoms with Crippen LogP contribution < -0.4 is 16.2 Å². The van der Waals surface area contributed by atoms with Gasteiger partial charge in [0.2, 0.25) is 5.91 Å². The van der Waals surface area contributed by atoms with Crippen molar-refractivity contribution < 1.29 is 14.4 Å². The molecule has 21 heavy (non-hydrogen) atoms. The van der Waals surface area contributed by atoms with E-state index in [2.05, 4.69) is 32.1 Å². The largest absolute Gasteiger partial charge is 0.344 e. The average molecular weight is 376 g/mol. The first kappa shape index (κ1) is 17.6. The first-order chi connectivity index (χ1) is 9.61. The third-order valence-electron chi connectivity index (χ3n) is 2.52. The zero-order valence-corrected chi connectivity index (χ0v) is 14.6. The Morgan fingerprint density at radius 1 is 1.19 bits per heavy atom. The Kier molecular flexibility index (Phi) is 5.91. The maximum absolute atomic E-state index is 11.8. The molecular weight excluding hydrogens is 358 g/mol. The molecule has 0 aliphatic carbocycles. The Morgan fingerprint density at radius 2 is 1.81 bits per heavy atom. The Morgan fingerprint density at radius 3 is 2.29 bits per heavy atom. The average Bonchev–Trinajstić information content (AvgIpc) is 2.80. The van der Waals surface area contributed by atoms with Crippen LogP contribution >= 0.6 is 27.3 Å². The second kappa shape index (κ2) is 7.04. The molecule has 6 nitrogen and oxygen atoms in total. The van der Waals surface area contributed by atoms with Gasteiger partial charge in [0.05, 0.1) is 8.66 Å². The van der Waals surface area contributed by atoms with E-state index in [1.54, 1.807) is 39.8 Å². The van der Waals surface area contributed by atoms with Crippen LogP contribution in [0.2, 0.25) is 0 Å². The summed E-state index contributed by atoms with van der Waals surface area (Å²) in [6.45, 7) is 6.81. The number of carbonyl (C=O) groups excluding carboxylic acids is 3. The number of rotatable bonds is 3. The Bertz CT molecular complexity index is 551. The number of hydrogen-bond acceptors (Lipinski definition) is 4. The van der Waals surface area contributed by atoms with E-state index in [9.17, 15) is 14.4 Å². The molecule has 0 spiro atoms. The lowest BCUT2D eigenvalue weighted by Crippen LogP contribution is -2.52. The van der Waals surface area contributed by atoms with Crippen LogP contribution in [0.5, 0.6) is 0 Å². The van der Waals surface area contributed by atoms with Gasteiger partial charge in [-0.25, -0.2) is 0 Å². The van der Waals surface area contributed by atoms with Crippen LogP contribution in [0.4, 0.5) is 0 Å². The maximum Gasteiger partial charge on any atom is 0.279 e. The predicted octanol–water partition coefficient (Wildman–Crippen LogP) is 1.82. The molecule has 3 amide bonds. The van der Waals surface area contributed by atoms with Gasteiger partial charge in [0, 0.05) is 5.41 Å². The molecule has 3 N–H and O–H groups in total. The number of thiophene rings is 1. The van der Waals surface area contributed by atoms with Crippen LogP contribution in [0.25, 0.3) is 0 Å². The van der Waals surface area contributed by atoms with Crippen molar-refractivity contribution in [1.29, 1.82) is 0 Å². The number of hydrazine groups is 1. The highest BCUT2D eigenvalue weighted by molar-refractivity contribution is 9.11. The molecule has 0 saturated carbocycles. The van der Waals surface area contributed by atoms with E-state index in [1.165, 1.54) is 11.3 Å². The zero-order valence-electron chi connectivity index (χ0n) is 12.2. The summed E-state index contributed by atoms with van der Waals surface area (Å²) in [7, 11) is 0. The van der Waals surface area contributed by atoms with Crippen LogP contribution in [0, 0.1) is 5.41 Å². The Hall–Kier alpha value is -1.41. The molecule has 8 heteroatoms. The topological polar surface area (TPSA) is 87.3 Å². The fourth-order valence-corrected chi connectivity index (χ4v) is 2.48. The van der Waals surface area contributed by atoms with Crippen molar-refractivity contribution >= 4 is 45.0 Å². The fourth-order valence-electron chi connectivity index (χ4n) is 1.20. The van der Waals surface area contributed by atoms with Crippen LogP contribution in [-0.4, -0.2) is 23.8 Å². The summed E-state index contributed by atoms with van der Waals surface area (Å²) in [5.41, 5.74) is 4.01. The minimum Gasteiger partial charge on any atom is -0.344 e. The minimum atomic E-state index is -0.743. The second-order valence-corrected chi connectivity index (χ2v) is 7.96. The Labute approximate surface area is 135 Å². The van der Waals surface area contributed by atoms with Gasteiger partial charge in [0.1, 0.15) is 6.04 Å². The smallest absolute Gasteiger partial charge is 0.279 e. The van der Waals surface area contributed by atoms with Gasteiger partial charge in [-0.2, -0.15) is 0 Å². The van der Waals surface area contributed by atoms with Crippen molar-refractivity contribution in [1.82, 2.24) is 16.2 Å². The monoisotopic (exact) mass is 375 g/mol. The van der Waals surface area contributed by atoms with Gasteiger partial charge in [-0.15, -0.1) is 11.3 Å². The van der Waals surface area contributed by atoms with Gasteiger partial charge in [-0.3, -0.25) is 25.2 Å². The molecule has 1 rings (SSSR count). The quantitative estimate of drug-likeness (QED) is 0.704. The molecule has 116 valence electrons. The summed E-state index contributed by atoms with van der Waals surface area (Å²) in [5, 5.41) is 2.58. The molecular formula is C13H18BrN3O3S. The number of carbonyl (C=O) groups is 3. The summed E-state index contributed by atoms with van der Waals surface area (Å²) < 4.78 is 0.824. The molecule has 0 bridgehead atoms. The van der Waals surface area contributed by atoms with E-state index in [0.29, 0.717) is 4.88 Å². The lowest BCUT2D eigenvalue weighted by molar-refractivity contribution is -0.133. The van der Waals surface area contributed by atoms with Crippen LogP contribution in [0.15, 0.2) is 15.9 Å². The van der Waals surface area contributed by atoms with Crippen LogP contribution in [0.3, 0.4) is 0 Å². The molecule has 0 aliphatic rings. The fraction of sp³-hybridized carbons (Fsp3) is 0.462. The van der Waals surface area contributed by atoms with E-state index in [1.807, 2.05) is 0 Å². The molecule has 1 atom stereocenters. The summed E-state index contributed by atoms with van der Waals surface area (Å²) in [6, 6.07) is 2.64. The predicted molar refractivity (Wildman–Crippen MR) is 84.7 cm³/mol. The SMILES string of the molecule is CC(NC(=O)C(C)(C)C)C(=O)NNC(=O)c1ccc(Br)s1. The highest BCUT2D eigenvalue weighted by Gasteiger charge is 2.25. The molecule has 1 unspecified atom stereocenters. The first-order valence-corrected chi connectivity index (χ1v) is 7.88. The van der Waals surface area contributed by atoms with Crippen molar-refractivity contribution in [3.05, 3.63) is 20.8 Å². The normalized spacial score (nSPS) is 12.4. The van der Waals surface area contributed by atoms with Gasteiger partial charge in [0.25, 0.3) is 11.8 Å². The van der Waals surface area contributed by atoms with Crippen molar-refractivity contribution in [3.63, 3.8) is 0 Å².